The van der Waals surface area contributed by atoms with Gasteiger partial charge in [-0.05, 0) is 47.5 Å². The molecule has 17 heteroatoms. The molecular weight excluding hydrogens is 813 g/mol. The Morgan fingerprint density at radius 3 is 1.10 bits per heavy atom. The number of rotatable bonds is 22. The average Bonchev–Trinajstić information content (AvgIpc) is 3.29. The number of hydrogen-bond donors (Lipinski definition) is 2. The lowest BCUT2D eigenvalue weighted by Crippen LogP contribution is -2.20. The molecule has 16 nitrogen and oxygen atoms in total. The molecule has 0 bridgehead atoms. The molecule has 0 aliphatic heterocycles. The van der Waals surface area contributed by atoms with Crippen LogP contribution >= 0.6 is 0 Å². The van der Waals surface area contributed by atoms with Gasteiger partial charge in [0.05, 0.1) is 93.6 Å². The van der Waals surface area contributed by atoms with Crippen LogP contribution < -0.4 is 48.5 Å². The van der Waals surface area contributed by atoms with E-state index in [9.17, 15) is 9.59 Å². The van der Waals surface area contributed by atoms with Crippen molar-refractivity contribution in [2.24, 2.45) is 0 Å². The molecule has 0 fully saturated rings. The van der Waals surface area contributed by atoms with Gasteiger partial charge in [-0.25, -0.2) is 8.42 Å². The van der Waals surface area contributed by atoms with Gasteiger partial charge in [-0.15, -0.1) is 0 Å². The van der Waals surface area contributed by atoms with Crippen molar-refractivity contribution in [2.45, 2.75) is 10.5 Å². The van der Waals surface area contributed by atoms with Crippen molar-refractivity contribution in [3.63, 3.8) is 0 Å². The van der Waals surface area contributed by atoms with E-state index < -0.39 is 32.3 Å². The third-order valence-corrected chi connectivity index (χ3v) is 11.8. The maximum Gasteiger partial charge on any atom is 0.325 e. The van der Waals surface area contributed by atoms with E-state index >= 15 is 8.42 Å². The first-order valence-electron chi connectivity index (χ1n) is 18.5. The van der Waals surface area contributed by atoms with Crippen molar-refractivity contribution in [3.8, 4) is 46.0 Å². The molecule has 0 spiro atoms. The molecule has 0 saturated carbocycles. The van der Waals surface area contributed by atoms with Crippen molar-refractivity contribution >= 4 is 45.3 Å². The number of ether oxygens (including phenoxy) is 10. The van der Waals surface area contributed by atoms with Crippen LogP contribution in [-0.4, -0.2) is 105 Å². The Labute approximate surface area is 356 Å². The zero-order chi connectivity index (χ0) is 44.7. The normalized spacial score (nSPS) is 12.2. The third kappa shape index (κ3) is 11.3. The van der Waals surface area contributed by atoms with Crippen molar-refractivity contribution in [3.05, 3.63) is 95.1 Å². The Morgan fingerprint density at radius 1 is 0.492 bits per heavy atom. The van der Waals surface area contributed by atoms with E-state index in [4.69, 9.17) is 47.4 Å². The summed E-state index contributed by atoms with van der Waals surface area (Å²) in [7, 11) is 9.85. The van der Waals surface area contributed by atoms with E-state index in [2.05, 4.69) is 10.6 Å². The van der Waals surface area contributed by atoms with Crippen LogP contribution in [0, 0.1) is 0 Å². The molecule has 2 atom stereocenters. The fourth-order valence-corrected chi connectivity index (χ4v) is 8.26. The first-order chi connectivity index (χ1) is 29.4. The molecule has 4 rings (SSSR count). The SMILES string of the molecule is COC(=O)CNc1cc(C(C=Cc2c(OC)cc(OC)cc2OC)S(=O)(=O)C(C=Cc2c(OC)cc(OC)cc2OC)c2ccc(OC)c(NCC(=O)OC)c2)ccc1OC. The van der Waals surface area contributed by atoms with Gasteiger partial charge >= 0.3 is 11.9 Å². The van der Waals surface area contributed by atoms with Crippen molar-refractivity contribution in [1.29, 1.82) is 0 Å². The lowest BCUT2D eigenvalue weighted by molar-refractivity contribution is -0.139. The highest BCUT2D eigenvalue weighted by atomic mass is 32.2. The smallest absolute Gasteiger partial charge is 0.325 e. The topological polar surface area (TPSA) is 185 Å². The zero-order valence-corrected chi connectivity index (χ0v) is 36.6. The molecule has 2 unspecified atom stereocenters. The fourth-order valence-electron chi connectivity index (χ4n) is 6.30. The Kier molecular flexibility index (Phi) is 16.9. The van der Waals surface area contributed by atoms with Crippen molar-refractivity contribution in [1.82, 2.24) is 0 Å². The van der Waals surface area contributed by atoms with Gasteiger partial charge in [0.2, 0.25) is 0 Å². The number of benzene rings is 4. The van der Waals surface area contributed by atoms with Crippen LogP contribution in [0.5, 0.6) is 46.0 Å². The van der Waals surface area contributed by atoms with E-state index in [1.54, 1.807) is 72.8 Å². The summed E-state index contributed by atoms with van der Waals surface area (Å²) in [5, 5.41) is 3.17. The van der Waals surface area contributed by atoms with Gasteiger partial charge < -0.3 is 58.0 Å². The predicted molar refractivity (Wildman–Crippen MR) is 232 cm³/mol. The molecule has 0 saturated heterocycles. The van der Waals surface area contributed by atoms with Gasteiger partial charge in [0.15, 0.2) is 9.84 Å². The second-order valence-corrected chi connectivity index (χ2v) is 15.0. The number of sulfone groups is 1. The second kappa shape index (κ2) is 22.0. The first-order valence-corrected chi connectivity index (χ1v) is 20.1. The molecule has 2 N–H and O–H groups in total. The highest BCUT2D eigenvalue weighted by molar-refractivity contribution is 7.92. The molecule has 0 aliphatic carbocycles. The summed E-state index contributed by atoms with van der Waals surface area (Å²) in [5.74, 6) is 1.90. The van der Waals surface area contributed by atoms with Crippen LogP contribution in [-0.2, 0) is 28.9 Å². The number of hydrogen-bond acceptors (Lipinski definition) is 16. The molecule has 0 amide bonds. The van der Waals surface area contributed by atoms with E-state index in [1.807, 2.05) is 0 Å². The summed E-state index contributed by atoms with van der Waals surface area (Å²) in [5.41, 5.74) is 2.12. The average molecular weight is 865 g/mol. The molecule has 0 aromatic heterocycles. The molecule has 61 heavy (non-hydrogen) atoms. The van der Waals surface area contributed by atoms with Gasteiger partial charge in [-0.3, -0.25) is 9.59 Å². The van der Waals surface area contributed by atoms with Crippen LogP contribution in [0.4, 0.5) is 11.4 Å². The van der Waals surface area contributed by atoms with Crippen molar-refractivity contribution in [2.75, 3.05) is 94.8 Å². The highest BCUT2D eigenvalue weighted by Crippen LogP contribution is 2.44. The quantitative estimate of drug-likeness (QED) is 0.0810. The summed E-state index contributed by atoms with van der Waals surface area (Å²) in [4.78, 5) is 24.4. The first kappa shape index (κ1) is 46.9. The minimum atomic E-state index is -4.46. The summed E-state index contributed by atoms with van der Waals surface area (Å²) >= 11 is 0. The van der Waals surface area contributed by atoms with Crippen LogP contribution in [0.3, 0.4) is 0 Å². The lowest BCUT2D eigenvalue weighted by Gasteiger charge is -2.24. The number of carbonyl (C=O) groups is 2. The summed E-state index contributed by atoms with van der Waals surface area (Å²) < 4.78 is 85.9. The number of nitrogens with one attached hydrogen (secondary N) is 2. The van der Waals surface area contributed by atoms with E-state index in [-0.39, 0.29) is 13.1 Å². The van der Waals surface area contributed by atoms with Gasteiger partial charge in [0.1, 0.15) is 69.6 Å². The lowest BCUT2D eigenvalue weighted by atomic mass is 10.1. The van der Waals surface area contributed by atoms with Crippen LogP contribution in [0.2, 0.25) is 0 Å². The van der Waals surface area contributed by atoms with Crippen LogP contribution in [0.15, 0.2) is 72.8 Å². The molecule has 4 aromatic carbocycles. The molecule has 4 aromatic rings. The minimum absolute atomic E-state index is 0.228. The monoisotopic (exact) mass is 864 g/mol. The molecular formula is C44H52N2O14S. The largest absolute Gasteiger partial charge is 0.496 e. The van der Waals surface area contributed by atoms with E-state index in [0.717, 1.165) is 0 Å². The number of anilines is 2. The Morgan fingerprint density at radius 2 is 0.820 bits per heavy atom. The zero-order valence-electron chi connectivity index (χ0n) is 35.8. The summed E-state index contributed by atoms with van der Waals surface area (Å²) in [6, 6.07) is 16.2. The van der Waals surface area contributed by atoms with Gasteiger partial charge in [0, 0.05) is 24.3 Å². The van der Waals surface area contributed by atoms with Gasteiger partial charge in [-0.2, -0.15) is 0 Å². The Balaban J connectivity index is 2.08. The highest BCUT2D eigenvalue weighted by Gasteiger charge is 2.35. The molecule has 0 aliphatic rings. The third-order valence-electron chi connectivity index (χ3n) is 9.50. The van der Waals surface area contributed by atoms with Crippen molar-refractivity contribution < 1.29 is 65.4 Å². The van der Waals surface area contributed by atoms with Gasteiger partial charge in [0.25, 0.3) is 0 Å². The maximum absolute atomic E-state index is 15.7. The van der Waals surface area contributed by atoms with Gasteiger partial charge in [-0.1, -0.05) is 24.3 Å². The summed E-state index contributed by atoms with van der Waals surface area (Å²) in [6.07, 6.45) is 6.23. The predicted octanol–water partition coefficient (Wildman–Crippen LogP) is 6.55. The van der Waals surface area contributed by atoms with Crippen LogP contribution in [0.1, 0.15) is 32.8 Å². The summed E-state index contributed by atoms with van der Waals surface area (Å²) in [6.45, 7) is -0.457. The fraction of sp³-hybridized carbons (Fsp3) is 0.318. The van der Waals surface area contributed by atoms with E-state index in [0.29, 0.717) is 79.6 Å². The van der Waals surface area contributed by atoms with Crippen LogP contribution in [0.25, 0.3) is 12.2 Å². The molecule has 0 radical (unpaired) electrons. The number of carbonyl (C=O) groups excluding carboxylic acids is 2. The molecule has 328 valence electrons. The van der Waals surface area contributed by atoms with E-state index in [1.165, 1.54) is 83.3 Å². The maximum atomic E-state index is 15.7. The number of methoxy groups -OCH3 is 10. The Bertz CT molecular complexity index is 2120. The Hall–Kier alpha value is -6.75. The number of esters is 2. The standard InChI is InChI=1S/C44H52N2O14S/c1-51-29-21-37(55-5)31(38(22-29)56-6)13-17-41(27-11-15-35(53-3)33(19-27)45-25-43(47)59-9)61(49,50)42(18-14-32-39(57-7)23-30(52-2)24-40(32)58-8)28-12-16-36(54-4)34(20-28)46-26-44(48)60-10/h11-24,41-42,45-46H,25-26H2,1-10H3. The molecule has 0 heterocycles. The second-order valence-electron chi connectivity index (χ2n) is 12.8. The minimum Gasteiger partial charge on any atom is -0.496 e.